The number of rotatable bonds is 17. The highest BCUT2D eigenvalue weighted by Crippen LogP contribution is 2.50. The molecule has 6 heteroatoms. The van der Waals surface area contributed by atoms with Gasteiger partial charge in [0.05, 0.1) is 19.8 Å². The molecule has 0 fully saturated rings. The summed E-state index contributed by atoms with van der Waals surface area (Å²) < 4.78 is 29.7. The molecular formula is C18H38BrO4P. The normalized spacial score (nSPS) is 16.7. The standard InChI is InChI=1S/C18H38BrO4P/c1-5-9-11-17(7-3)15-22-24(20,21-14-13-19)23-16-18(8-4)12-10-6-2/h17-18H,5-16H2,1-4H3. The third-order valence-corrected chi connectivity index (χ3v) is 6.10. The van der Waals surface area contributed by atoms with E-state index in [0.717, 1.165) is 25.7 Å². The fourth-order valence-corrected chi connectivity index (χ4v) is 4.19. The first-order valence-electron chi connectivity index (χ1n) is 9.64. The summed E-state index contributed by atoms with van der Waals surface area (Å²) in [7, 11) is -3.46. The average Bonchev–Trinajstić information content (AvgIpc) is 2.60. The Balaban J connectivity index is 4.54. The maximum Gasteiger partial charge on any atom is 0.474 e. The molecule has 0 aliphatic rings. The number of hydrogen-bond acceptors (Lipinski definition) is 4. The summed E-state index contributed by atoms with van der Waals surface area (Å²) in [5.74, 6) is 0.827. The fourth-order valence-electron chi connectivity index (χ4n) is 2.45. The van der Waals surface area contributed by atoms with Crippen molar-refractivity contribution >= 4 is 23.8 Å². The molecule has 0 radical (unpaired) electrons. The molecule has 0 N–H and O–H groups in total. The summed E-state index contributed by atoms with van der Waals surface area (Å²) in [5, 5.41) is 0.615. The van der Waals surface area contributed by atoms with Gasteiger partial charge < -0.3 is 0 Å². The van der Waals surface area contributed by atoms with E-state index in [1.54, 1.807) is 0 Å². The molecule has 0 bridgehead atoms. The lowest BCUT2D eigenvalue weighted by Gasteiger charge is -2.23. The number of phosphoric ester groups is 1. The van der Waals surface area contributed by atoms with Gasteiger partial charge in [0.15, 0.2) is 0 Å². The van der Waals surface area contributed by atoms with Gasteiger partial charge in [-0.05, 0) is 24.7 Å². The van der Waals surface area contributed by atoms with Crippen molar-refractivity contribution in [3.05, 3.63) is 0 Å². The van der Waals surface area contributed by atoms with Crippen molar-refractivity contribution in [2.75, 3.05) is 25.2 Å². The number of halogens is 1. The van der Waals surface area contributed by atoms with Gasteiger partial charge in [-0.2, -0.15) is 0 Å². The largest absolute Gasteiger partial charge is 0.474 e. The Labute approximate surface area is 158 Å². The molecule has 0 heterocycles. The molecule has 0 rings (SSSR count). The highest BCUT2D eigenvalue weighted by Gasteiger charge is 2.28. The topological polar surface area (TPSA) is 44.8 Å². The molecule has 0 saturated carbocycles. The van der Waals surface area contributed by atoms with Crippen LogP contribution in [0.3, 0.4) is 0 Å². The Kier molecular flexibility index (Phi) is 16.2. The van der Waals surface area contributed by atoms with Crippen molar-refractivity contribution in [1.29, 1.82) is 0 Å². The van der Waals surface area contributed by atoms with E-state index in [1.807, 2.05) is 0 Å². The summed E-state index contributed by atoms with van der Waals surface area (Å²) in [4.78, 5) is 0. The third kappa shape index (κ3) is 12.0. The van der Waals surface area contributed by atoms with Crippen LogP contribution in [0.1, 0.15) is 79.1 Å². The summed E-state index contributed by atoms with van der Waals surface area (Å²) in [5.41, 5.74) is 0. The van der Waals surface area contributed by atoms with E-state index in [0.29, 0.717) is 37.0 Å². The monoisotopic (exact) mass is 428 g/mol. The van der Waals surface area contributed by atoms with Gasteiger partial charge in [0.25, 0.3) is 0 Å². The van der Waals surface area contributed by atoms with E-state index in [4.69, 9.17) is 13.6 Å². The fraction of sp³-hybridized carbons (Fsp3) is 1.00. The van der Waals surface area contributed by atoms with Gasteiger partial charge in [-0.15, -0.1) is 0 Å². The van der Waals surface area contributed by atoms with Gasteiger partial charge in [-0.25, -0.2) is 4.57 Å². The molecule has 0 aromatic carbocycles. The number of hydrogen-bond donors (Lipinski definition) is 0. The quantitative estimate of drug-likeness (QED) is 0.185. The van der Waals surface area contributed by atoms with Crippen LogP contribution in [-0.2, 0) is 18.1 Å². The molecule has 0 spiro atoms. The van der Waals surface area contributed by atoms with Gasteiger partial charge in [-0.3, -0.25) is 13.6 Å². The number of alkyl halides is 1. The molecule has 0 amide bonds. The van der Waals surface area contributed by atoms with Crippen molar-refractivity contribution < 1.29 is 18.1 Å². The minimum atomic E-state index is -3.46. The van der Waals surface area contributed by atoms with Crippen molar-refractivity contribution in [3.63, 3.8) is 0 Å². The first kappa shape index (κ1) is 24.6. The van der Waals surface area contributed by atoms with E-state index in [-0.39, 0.29) is 0 Å². The van der Waals surface area contributed by atoms with Crippen LogP contribution >= 0.6 is 23.8 Å². The SMILES string of the molecule is CCCCC(CC)COP(=O)(OCCBr)OCC(CC)CCCC. The van der Waals surface area contributed by atoms with Crippen molar-refractivity contribution in [2.24, 2.45) is 11.8 Å². The zero-order valence-corrected chi connectivity index (χ0v) is 18.6. The van der Waals surface area contributed by atoms with E-state index in [2.05, 4.69) is 43.6 Å². The van der Waals surface area contributed by atoms with E-state index >= 15 is 0 Å². The summed E-state index contributed by atoms with van der Waals surface area (Å²) >= 11 is 3.30. The summed E-state index contributed by atoms with van der Waals surface area (Å²) in [6.07, 6.45) is 8.91. The Morgan fingerprint density at radius 2 is 1.29 bits per heavy atom. The molecule has 2 atom stereocenters. The van der Waals surface area contributed by atoms with Crippen molar-refractivity contribution in [2.45, 2.75) is 79.1 Å². The van der Waals surface area contributed by atoms with Crippen LogP contribution in [0.15, 0.2) is 0 Å². The van der Waals surface area contributed by atoms with Gasteiger partial charge in [0.2, 0.25) is 0 Å². The lowest BCUT2D eigenvalue weighted by atomic mass is 10.0. The average molecular weight is 429 g/mol. The van der Waals surface area contributed by atoms with Crippen molar-refractivity contribution in [3.8, 4) is 0 Å². The van der Waals surface area contributed by atoms with Gasteiger partial charge >= 0.3 is 7.82 Å². The lowest BCUT2D eigenvalue weighted by Crippen LogP contribution is -2.14. The summed E-state index contributed by atoms with van der Waals surface area (Å²) in [6.45, 7) is 9.88. The zero-order valence-electron chi connectivity index (χ0n) is 16.1. The first-order valence-corrected chi connectivity index (χ1v) is 12.2. The van der Waals surface area contributed by atoms with Crippen molar-refractivity contribution in [1.82, 2.24) is 0 Å². The van der Waals surface area contributed by atoms with E-state index in [1.165, 1.54) is 25.7 Å². The predicted octanol–water partition coefficient (Wildman–Crippen LogP) is 6.97. The Morgan fingerprint density at radius 1 is 0.833 bits per heavy atom. The Morgan fingerprint density at radius 3 is 1.62 bits per heavy atom. The highest BCUT2D eigenvalue weighted by molar-refractivity contribution is 9.09. The smallest absolute Gasteiger partial charge is 0.287 e. The van der Waals surface area contributed by atoms with E-state index < -0.39 is 7.82 Å². The van der Waals surface area contributed by atoms with Gasteiger partial charge in [0, 0.05) is 5.33 Å². The zero-order chi connectivity index (χ0) is 18.3. The molecule has 146 valence electrons. The molecule has 4 nitrogen and oxygen atoms in total. The molecule has 0 saturated heterocycles. The number of unbranched alkanes of at least 4 members (excludes halogenated alkanes) is 2. The number of phosphoric acid groups is 1. The van der Waals surface area contributed by atoms with Crippen LogP contribution in [0.4, 0.5) is 0 Å². The Bertz CT molecular complexity index is 304. The predicted molar refractivity (Wildman–Crippen MR) is 106 cm³/mol. The molecule has 0 aliphatic heterocycles. The second kappa shape index (κ2) is 15.8. The second-order valence-electron chi connectivity index (χ2n) is 6.39. The minimum Gasteiger partial charge on any atom is -0.287 e. The molecule has 2 unspecified atom stereocenters. The van der Waals surface area contributed by atoms with Gasteiger partial charge in [-0.1, -0.05) is 82.1 Å². The maximum atomic E-state index is 12.9. The maximum absolute atomic E-state index is 12.9. The summed E-state index contributed by atoms with van der Waals surface area (Å²) in [6, 6.07) is 0. The Hall–Kier alpha value is 0.590. The van der Waals surface area contributed by atoms with Crippen LogP contribution in [0.5, 0.6) is 0 Å². The molecule has 0 aromatic heterocycles. The first-order chi connectivity index (χ1) is 11.5. The van der Waals surface area contributed by atoms with Crippen LogP contribution in [0.25, 0.3) is 0 Å². The molecule has 0 aromatic rings. The van der Waals surface area contributed by atoms with Crippen LogP contribution in [-0.4, -0.2) is 25.2 Å². The third-order valence-electron chi connectivity index (χ3n) is 4.35. The molecule has 0 aliphatic carbocycles. The lowest BCUT2D eigenvalue weighted by molar-refractivity contribution is 0.0879. The van der Waals surface area contributed by atoms with E-state index in [9.17, 15) is 4.57 Å². The van der Waals surface area contributed by atoms with Crippen LogP contribution < -0.4 is 0 Å². The van der Waals surface area contributed by atoms with Crippen LogP contribution in [0, 0.1) is 11.8 Å². The van der Waals surface area contributed by atoms with Crippen LogP contribution in [0.2, 0.25) is 0 Å². The minimum absolute atomic E-state index is 0.328. The second-order valence-corrected chi connectivity index (χ2v) is 8.86. The highest BCUT2D eigenvalue weighted by atomic mass is 79.9. The molecule has 24 heavy (non-hydrogen) atoms. The molecular weight excluding hydrogens is 391 g/mol. The van der Waals surface area contributed by atoms with Gasteiger partial charge in [0.1, 0.15) is 0 Å².